The topological polar surface area (TPSA) is 69.8 Å². The number of benzene rings is 1. The third-order valence-corrected chi connectivity index (χ3v) is 2.94. The van der Waals surface area contributed by atoms with E-state index in [0.29, 0.717) is 11.6 Å². The number of hydrogen-bond donors (Lipinski definition) is 3. The van der Waals surface area contributed by atoms with Crippen LogP contribution in [0, 0.1) is 0 Å². The number of aromatic nitrogens is 2. The second-order valence-electron chi connectivity index (χ2n) is 4.34. The van der Waals surface area contributed by atoms with E-state index >= 15 is 0 Å². The highest BCUT2D eigenvalue weighted by atomic mass is 16.1. The average molecular weight is 258 g/mol. The smallest absolute Gasteiger partial charge is 0.258 e. The van der Waals surface area contributed by atoms with Gasteiger partial charge in [-0.25, -0.2) is 0 Å². The average Bonchev–Trinajstić information content (AvgIpc) is 2.94. The molecule has 0 fully saturated rings. The first-order chi connectivity index (χ1) is 9.20. The van der Waals surface area contributed by atoms with Gasteiger partial charge in [-0.15, -0.1) is 0 Å². The molecule has 19 heavy (non-hydrogen) atoms. The predicted molar refractivity (Wildman–Crippen MR) is 75.1 cm³/mol. The lowest BCUT2D eigenvalue weighted by Gasteiger charge is -2.13. The minimum Gasteiger partial charge on any atom is -0.322 e. The molecule has 0 aliphatic rings. The van der Waals surface area contributed by atoms with Gasteiger partial charge in [-0.3, -0.25) is 9.89 Å². The molecule has 0 bridgehead atoms. The summed E-state index contributed by atoms with van der Waals surface area (Å²) in [5, 5.41) is 12.5. The van der Waals surface area contributed by atoms with Crippen LogP contribution in [0.1, 0.15) is 35.8 Å². The third kappa shape index (κ3) is 3.42. The predicted octanol–water partition coefficient (Wildman–Crippen LogP) is 2.33. The van der Waals surface area contributed by atoms with Crippen molar-refractivity contribution in [2.24, 2.45) is 0 Å². The fraction of sp³-hybridized carbons (Fsp3) is 0.286. The number of nitrogens with zero attached hydrogens (tertiary/aromatic N) is 1. The maximum absolute atomic E-state index is 11.8. The Kier molecular flexibility index (Phi) is 4.30. The molecule has 5 heteroatoms. The van der Waals surface area contributed by atoms with Gasteiger partial charge in [0.05, 0.1) is 11.8 Å². The lowest BCUT2D eigenvalue weighted by molar-refractivity contribution is 0.102. The SMILES string of the molecule is CCNC(C)c1ccc(NC(=O)c2cn[nH]c2)cc1. The maximum Gasteiger partial charge on any atom is 0.258 e. The Morgan fingerprint density at radius 2 is 2.11 bits per heavy atom. The standard InChI is InChI=1S/C14H18N4O/c1-3-15-10(2)11-4-6-13(7-5-11)18-14(19)12-8-16-17-9-12/h4-10,15H,3H2,1-2H3,(H,16,17)(H,18,19). The van der Waals surface area contributed by atoms with E-state index < -0.39 is 0 Å². The van der Waals surface area contributed by atoms with E-state index in [4.69, 9.17) is 0 Å². The molecule has 2 rings (SSSR count). The number of carbonyl (C=O) groups is 1. The van der Waals surface area contributed by atoms with E-state index in [9.17, 15) is 4.79 Å². The van der Waals surface area contributed by atoms with Gasteiger partial charge in [0.1, 0.15) is 0 Å². The van der Waals surface area contributed by atoms with Crippen molar-refractivity contribution in [1.29, 1.82) is 0 Å². The molecule has 1 aromatic heterocycles. The molecule has 1 heterocycles. The minimum absolute atomic E-state index is 0.166. The van der Waals surface area contributed by atoms with Crippen molar-refractivity contribution >= 4 is 11.6 Å². The van der Waals surface area contributed by atoms with Gasteiger partial charge < -0.3 is 10.6 Å². The minimum atomic E-state index is -0.166. The quantitative estimate of drug-likeness (QED) is 0.771. The van der Waals surface area contributed by atoms with Crippen LogP contribution >= 0.6 is 0 Å². The van der Waals surface area contributed by atoms with Crippen LogP contribution in [-0.4, -0.2) is 22.6 Å². The maximum atomic E-state index is 11.8. The summed E-state index contributed by atoms with van der Waals surface area (Å²) in [4.78, 5) is 11.8. The molecule has 5 nitrogen and oxygen atoms in total. The monoisotopic (exact) mass is 258 g/mol. The van der Waals surface area contributed by atoms with Crippen LogP contribution in [0.2, 0.25) is 0 Å². The highest BCUT2D eigenvalue weighted by Crippen LogP contribution is 2.16. The summed E-state index contributed by atoms with van der Waals surface area (Å²) in [5.74, 6) is -0.166. The first-order valence-corrected chi connectivity index (χ1v) is 6.34. The zero-order valence-corrected chi connectivity index (χ0v) is 11.1. The molecule has 1 amide bonds. The lowest BCUT2D eigenvalue weighted by atomic mass is 10.1. The Hall–Kier alpha value is -2.14. The Morgan fingerprint density at radius 3 is 2.68 bits per heavy atom. The summed E-state index contributed by atoms with van der Waals surface area (Å²) in [5.41, 5.74) is 2.49. The van der Waals surface area contributed by atoms with Crippen molar-refractivity contribution in [1.82, 2.24) is 15.5 Å². The van der Waals surface area contributed by atoms with Gasteiger partial charge in [0, 0.05) is 17.9 Å². The number of aromatic amines is 1. The van der Waals surface area contributed by atoms with Gasteiger partial charge >= 0.3 is 0 Å². The molecule has 0 saturated carbocycles. The van der Waals surface area contributed by atoms with Crippen molar-refractivity contribution in [3.63, 3.8) is 0 Å². The number of anilines is 1. The highest BCUT2D eigenvalue weighted by Gasteiger charge is 2.07. The summed E-state index contributed by atoms with van der Waals surface area (Å²) in [6, 6.07) is 8.14. The largest absolute Gasteiger partial charge is 0.322 e. The highest BCUT2D eigenvalue weighted by molar-refractivity contribution is 6.03. The molecule has 0 aliphatic heterocycles. The van der Waals surface area contributed by atoms with Crippen molar-refractivity contribution in [3.05, 3.63) is 47.8 Å². The van der Waals surface area contributed by atoms with Crippen LogP contribution in [0.5, 0.6) is 0 Å². The molecular formula is C14H18N4O. The van der Waals surface area contributed by atoms with Crippen LogP contribution in [0.4, 0.5) is 5.69 Å². The number of amides is 1. The van der Waals surface area contributed by atoms with E-state index in [-0.39, 0.29) is 5.91 Å². The van der Waals surface area contributed by atoms with Crippen molar-refractivity contribution < 1.29 is 4.79 Å². The van der Waals surface area contributed by atoms with E-state index in [0.717, 1.165) is 12.2 Å². The van der Waals surface area contributed by atoms with Crippen molar-refractivity contribution in [3.8, 4) is 0 Å². The number of H-pyrrole nitrogens is 1. The Balaban J connectivity index is 2.01. The first kappa shape index (κ1) is 13.3. The van der Waals surface area contributed by atoms with Gasteiger partial charge in [-0.1, -0.05) is 19.1 Å². The van der Waals surface area contributed by atoms with Gasteiger partial charge in [-0.2, -0.15) is 5.10 Å². The van der Waals surface area contributed by atoms with Gasteiger partial charge in [-0.05, 0) is 31.2 Å². The second kappa shape index (κ2) is 6.15. The lowest BCUT2D eigenvalue weighted by Crippen LogP contribution is -2.17. The van der Waals surface area contributed by atoms with Crippen molar-refractivity contribution in [2.45, 2.75) is 19.9 Å². The van der Waals surface area contributed by atoms with Crippen LogP contribution < -0.4 is 10.6 Å². The summed E-state index contributed by atoms with van der Waals surface area (Å²) in [6.07, 6.45) is 3.06. The molecule has 0 spiro atoms. The molecule has 2 aromatic rings. The van der Waals surface area contributed by atoms with E-state index in [1.165, 1.54) is 11.8 Å². The molecule has 0 saturated heterocycles. The summed E-state index contributed by atoms with van der Waals surface area (Å²) in [6.45, 7) is 5.12. The van der Waals surface area contributed by atoms with E-state index in [1.807, 2.05) is 24.3 Å². The summed E-state index contributed by atoms with van der Waals surface area (Å²) in [7, 11) is 0. The Labute approximate surface area is 112 Å². The number of carbonyl (C=O) groups excluding carboxylic acids is 1. The molecule has 0 radical (unpaired) electrons. The van der Waals surface area contributed by atoms with Gasteiger partial charge in [0.2, 0.25) is 0 Å². The van der Waals surface area contributed by atoms with Gasteiger partial charge in [0.15, 0.2) is 0 Å². The van der Waals surface area contributed by atoms with Crippen LogP contribution in [-0.2, 0) is 0 Å². The number of nitrogens with one attached hydrogen (secondary N) is 3. The van der Waals surface area contributed by atoms with E-state index in [2.05, 4.69) is 34.7 Å². The molecule has 1 atom stereocenters. The number of rotatable bonds is 5. The normalized spacial score (nSPS) is 12.1. The molecule has 0 aliphatic carbocycles. The molecule has 100 valence electrons. The third-order valence-electron chi connectivity index (χ3n) is 2.94. The van der Waals surface area contributed by atoms with E-state index in [1.54, 1.807) is 6.20 Å². The second-order valence-corrected chi connectivity index (χ2v) is 4.34. The van der Waals surface area contributed by atoms with Crippen molar-refractivity contribution in [2.75, 3.05) is 11.9 Å². The van der Waals surface area contributed by atoms with Crippen LogP contribution in [0.3, 0.4) is 0 Å². The summed E-state index contributed by atoms with van der Waals surface area (Å²) < 4.78 is 0. The molecule has 1 aromatic carbocycles. The molecular weight excluding hydrogens is 240 g/mol. The first-order valence-electron chi connectivity index (χ1n) is 6.34. The summed E-state index contributed by atoms with van der Waals surface area (Å²) >= 11 is 0. The van der Waals surface area contributed by atoms with Crippen LogP contribution in [0.25, 0.3) is 0 Å². The Bertz CT molecular complexity index is 519. The number of hydrogen-bond acceptors (Lipinski definition) is 3. The zero-order valence-electron chi connectivity index (χ0n) is 11.1. The fourth-order valence-corrected chi connectivity index (χ4v) is 1.86. The molecule has 3 N–H and O–H groups in total. The zero-order chi connectivity index (χ0) is 13.7. The van der Waals surface area contributed by atoms with Gasteiger partial charge in [0.25, 0.3) is 5.91 Å². The Morgan fingerprint density at radius 1 is 1.37 bits per heavy atom. The fourth-order valence-electron chi connectivity index (χ4n) is 1.86. The van der Waals surface area contributed by atoms with Crippen LogP contribution in [0.15, 0.2) is 36.7 Å². The molecule has 1 unspecified atom stereocenters.